The fourth-order valence-corrected chi connectivity index (χ4v) is 2.82. The van der Waals surface area contributed by atoms with E-state index in [2.05, 4.69) is 15.0 Å². The van der Waals surface area contributed by atoms with Crippen molar-refractivity contribution in [2.24, 2.45) is 0 Å². The number of aromatic nitrogens is 4. The summed E-state index contributed by atoms with van der Waals surface area (Å²) in [5, 5.41) is 0.587. The van der Waals surface area contributed by atoms with Gasteiger partial charge in [-0.25, -0.2) is 14.8 Å². The highest BCUT2D eigenvalue weighted by Gasteiger charge is 2.14. The lowest BCUT2D eigenvalue weighted by atomic mass is 10.1. The van der Waals surface area contributed by atoms with Gasteiger partial charge in [0.25, 0.3) is 0 Å². The molecule has 22 heavy (non-hydrogen) atoms. The van der Waals surface area contributed by atoms with Crippen molar-refractivity contribution in [2.45, 2.75) is 25.5 Å². The molecule has 0 unspecified atom stereocenters. The summed E-state index contributed by atoms with van der Waals surface area (Å²) >= 11 is 1.50. The molecule has 1 aromatic carbocycles. The molecule has 7 heteroatoms. The Morgan fingerprint density at radius 1 is 1.27 bits per heavy atom. The van der Waals surface area contributed by atoms with Crippen molar-refractivity contribution in [1.82, 2.24) is 19.5 Å². The first-order valence-electron chi connectivity index (χ1n) is 7.03. The van der Waals surface area contributed by atoms with Crippen LogP contribution in [0.2, 0.25) is 0 Å². The number of hydrogen-bond acceptors (Lipinski definition) is 5. The van der Waals surface area contributed by atoms with Crippen LogP contribution in [0.4, 0.5) is 5.82 Å². The van der Waals surface area contributed by atoms with Crippen LogP contribution in [-0.4, -0.2) is 25.3 Å². The van der Waals surface area contributed by atoms with Gasteiger partial charge >= 0.3 is 5.69 Å². The van der Waals surface area contributed by atoms with Crippen LogP contribution >= 0.6 is 11.8 Å². The van der Waals surface area contributed by atoms with Crippen molar-refractivity contribution < 1.29 is 0 Å². The number of nitrogens with two attached hydrogens (primary N) is 1. The number of aryl methyl sites for hydroxylation is 1. The van der Waals surface area contributed by atoms with Crippen LogP contribution in [0.25, 0.3) is 11.2 Å². The van der Waals surface area contributed by atoms with E-state index in [1.54, 1.807) is 4.57 Å². The Hall–Kier alpha value is -2.28. The monoisotopic (exact) mass is 315 g/mol. The Balaban J connectivity index is 2.09. The van der Waals surface area contributed by atoms with Crippen molar-refractivity contribution in [3.63, 3.8) is 0 Å². The van der Waals surface area contributed by atoms with Crippen LogP contribution < -0.4 is 11.4 Å². The maximum absolute atomic E-state index is 12.2. The first-order chi connectivity index (χ1) is 10.6. The van der Waals surface area contributed by atoms with Crippen molar-refractivity contribution in [3.05, 3.63) is 45.9 Å². The molecule has 114 valence electrons. The Morgan fingerprint density at radius 2 is 2.00 bits per heavy atom. The quantitative estimate of drug-likeness (QED) is 0.569. The first kappa shape index (κ1) is 14.6. The second-order valence-corrected chi connectivity index (χ2v) is 6.26. The van der Waals surface area contributed by atoms with Gasteiger partial charge in [-0.05, 0) is 18.2 Å². The van der Waals surface area contributed by atoms with Crippen LogP contribution in [0, 0.1) is 6.92 Å². The van der Waals surface area contributed by atoms with Gasteiger partial charge in [-0.2, -0.15) is 0 Å². The molecule has 0 aliphatic carbocycles. The number of H-pyrrole nitrogens is 1. The number of imidazole rings is 1. The summed E-state index contributed by atoms with van der Waals surface area (Å²) in [5.74, 6) is 1.15. The maximum Gasteiger partial charge on any atom is 0.328 e. The summed E-state index contributed by atoms with van der Waals surface area (Å²) in [6, 6.07) is 8.06. The van der Waals surface area contributed by atoms with E-state index in [0.717, 1.165) is 11.3 Å². The van der Waals surface area contributed by atoms with E-state index in [1.807, 2.05) is 38.1 Å². The van der Waals surface area contributed by atoms with Crippen LogP contribution in [0.15, 0.2) is 34.2 Å². The number of hydrogen-bond donors (Lipinski definition) is 2. The number of aromatic amines is 1. The molecule has 0 amide bonds. The zero-order valence-corrected chi connectivity index (χ0v) is 13.3. The van der Waals surface area contributed by atoms with Crippen molar-refractivity contribution >= 4 is 28.7 Å². The van der Waals surface area contributed by atoms with Gasteiger partial charge in [0, 0.05) is 0 Å². The third-order valence-corrected chi connectivity index (χ3v) is 4.09. The highest BCUT2D eigenvalue weighted by atomic mass is 32.2. The highest BCUT2D eigenvalue weighted by molar-refractivity contribution is 7.99. The van der Waals surface area contributed by atoms with E-state index in [9.17, 15) is 4.79 Å². The van der Waals surface area contributed by atoms with E-state index in [4.69, 9.17) is 5.73 Å². The molecule has 0 fully saturated rings. The molecule has 3 rings (SSSR count). The summed E-state index contributed by atoms with van der Waals surface area (Å²) in [6.07, 6.45) is 0. The number of nitrogens with one attached hydrogen (secondary N) is 1. The van der Waals surface area contributed by atoms with Crippen molar-refractivity contribution in [2.75, 3.05) is 11.5 Å². The molecule has 0 saturated heterocycles. The molecule has 6 nitrogen and oxygen atoms in total. The molecule has 3 N–H and O–H groups in total. The summed E-state index contributed by atoms with van der Waals surface area (Å²) in [4.78, 5) is 23.6. The smallest absolute Gasteiger partial charge is 0.328 e. The SMILES string of the molecule is CCSc1nc(N)c2[nH]c(=O)n(Cc3ccc(C)cc3)c2n1. The zero-order chi connectivity index (χ0) is 15.7. The van der Waals surface area contributed by atoms with Crippen molar-refractivity contribution in [3.8, 4) is 0 Å². The van der Waals surface area contributed by atoms with Gasteiger partial charge in [-0.3, -0.25) is 4.57 Å². The van der Waals surface area contributed by atoms with Crippen LogP contribution in [-0.2, 0) is 6.54 Å². The molecule has 0 spiro atoms. The molecule has 0 radical (unpaired) electrons. The van der Waals surface area contributed by atoms with E-state index in [-0.39, 0.29) is 5.69 Å². The summed E-state index contributed by atoms with van der Waals surface area (Å²) in [7, 11) is 0. The van der Waals surface area contributed by atoms with Gasteiger partial charge < -0.3 is 10.7 Å². The third kappa shape index (κ3) is 2.71. The number of anilines is 1. The predicted octanol–water partition coefficient (Wildman–Crippen LogP) is 2.17. The molecule has 0 aliphatic rings. The van der Waals surface area contributed by atoms with Gasteiger partial charge in [0.15, 0.2) is 16.6 Å². The van der Waals surface area contributed by atoms with Crippen LogP contribution in [0.5, 0.6) is 0 Å². The number of benzene rings is 1. The lowest BCUT2D eigenvalue weighted by Crippen LogP contribution is -2.17. The Bertz CT molecular complexity index is 866. The molecular weight excluding hydrogens is 298 g/mol. The molecule has 2 aromatic heterocycles. The topological polar surface area (TPSA) is 89.6 Å². The molecule has 0 bridgehead atoms. The van der Waals surface area contributed by atoms with E-state index >= 15 is 0 Å². The van der Waals surface area contributed by atoms with Crippen LogP contribution in [0.1, 0.15) is 18.1 Å². The third-order valence-electron chi connectivity index (χ3n) is 3.36. The van der Waals surface area contributed by atoms with E-state index in [0.29, 0.717) is 28.7 Å². The number of nitrogen functional groups attached to an aromatic ring is 1. The highest BCUT2D eigenvalue weighted by Crippen LogP contribution is 2.20. The van der Waals surface area contributed by atoms with Gasteiger partial charge in [0.1, 0.15) is 5.52 Å². The standard InChI is InChI=1S/C15H17N5OS/c1-3-22-14-18-12(16)11-13(19-14)20(15(21)17-11)8-10-6-4-9(2)5-7-10/h4-7H,3,8H2,1-2H3,(H,17,21)(H2,16,18,19). The number of rotatable bonds is 4. The molecule has 2 heterocycles. The molecular formula is C15H17N5OS. The molecule has 3 aromatic rings. The average Bonchev–Trinajstić information content (AvgIpc) is 2.79. The minimum Gasteiger partial charge on any atom is -0.382 e. The average molecular weight is 315 g/mol. The van der Waals surface area contributed by atoms with Gasteiger partial charge in [0.05, 0.1) is 6.54 Å². The van der Waals surface area contributed by atoms with Gasteiger partial charge in [-0.15, -0.1) is 0 Å². The normalized spacial score (nSPS) is 11.2. The Labute approximate surface area is 131 Å². The summed E-state index contributed by atoms with van der Waals surface area (Å²) < 4.78 is 1.59. The number of thioether (sulfide) groups is 1. The minimum atomic E-state index is -0.227. The maximum atomic E-state index is 12.2. The number of fused-ring (bicyclic) bond motifs is 1. The summed E-state index contributed by atoms with van der Waals surface area (Å²) in [5.41, 5.74) is 8.98. The van der Waals surface area contributed by atoms with Crippen LogP contribution in [0.3, 0.4) is 0 Å². The first-order valence-corrected chi connectivity index (χ1v) is 8.01. The zero-order valence-electron chi connectivity index (χ0n) is 12.5. The Morgan fingerprint density at radius 3 is 2.68 bits per heavy atom. The molecule has 0 atom stereocenters. The van der Waals surface area contributed by atoms with Crippen molar-refractivity contribution in [1.29, 1.82) is 0 Å². The van der Waals surface area contributed by atoms with E-state index in [1.165, 1.54) is 17.3 Å². The molecule has 0 aliphatic heterocycles. The minimum absolute atomic E-state index is 0.227. The second kappa shape index (κ2) is 5.84. The fourth-order valence-electron chi connectivity index (χ4n) is 2.25. The summed E-state index contributed by atoms with van der Waals surface area (Å²) in [6.45, 7) is 4.50. The second-order valence-electron chi connectivity index (χ2n) is 5.02. The van der Waals surface area contributed by atoms with Gasteiger partial charge in [-0.1, -0.05) is 48.5 Å². The lowest BCUT2D eigenvalue weighted by molar-refractivity contribution is 0.771. The Kier molecular flexibility index (Phi) is 3.89. The van der Waals surface area contributed by atoms with E-state index < -0.39 is 0 Å². The molecule has 0 saturated carbocycles. The van der Waals surface area contributed by atoms with Gasteiger partial charge in [0.2, 0.25) is 0 Å². The fraction of sp³-hybridized carbons (Fsp3) is 0.267. The number of nitrogens with zero attached hydrogens (tertiary/aromatic N) is 3. The predicted molar refractivity (Wildman–Crippen MR) is 89.2 cm³/mol. The largest absolute Gasteiger partial charge is 0.382 e. The lowest BCUT2D eigenvalue weighted by Gasteiger charge is -2.05.